The first-order valence-corrected chi connectivity index (χ1v) is 14.1. The molecule has 1 aromatic carbocycles. The number of benzene rings is 1. The van der Waals surface area contributed by atoms with Crippen molar-refractivity contribution in [3.05, 3.63) is 60.0 Å². The molecule has 0 radical (unpaired) electrons. The predicted molar refractivity (Wildman–Crippen MR) is 150 cm³/mol. The highest BCUT2D eigenvalue weighted by Gasteiger charge is 2.27. The molecule has 39 heavy (non-hydrogen) atoms. The zero-order chi connectivity index (χ0) is 26.9. The van der Waals surface area contributed by atoms with Gasteiger partial charge in [0.2, 0.25) is 0 Å². The summed E-state index contributed by atoms with van der Waals surface area (Å²) < 4.78 is 28.6. The number of halogens is 2. The summed E-state index contributed by atoms with van der Waals surface area (Å²) in [5, 5.41) is 18.1. The molecule has 3 aromatic rings. The monoisotopic (exact) mass is 534 g/mol. The Hall–Kier alpha value is -3.14. The number of H-pyrrole nitrogens is 1. The zero-order valence-electron chi connectivity index (χ0n) is 22.3. The summed E-state index contributed by atoms with van der Waals surface area (Å²) in [5.74, 6) is 0.223. The molecule has 6 rings (SSSR count). The molecule has 4 unspecified atom stereocenters. The van der Waals surface area contributed by atoms with Crippen LogP contribution in [-0.4, -0.2) is 56.5 Å². The maximum absolute atomic E-state index is 14.4. The van der Waals surface area contributed by atoms with Crippen LogP contribution >= 0.6 is 0 Å². The number of aromatic amines is 1. The summed E-state index contributed by atoms with van der Waals surface area (Å²) in [5.41, 5.74) is 2.71. The molecule has 1 saturated carbocycles. The first-order valence-electron chi connectivity index (χ1n) is 14.1. The fraction of sp³-hybridized carbons (Fsp3) is 0.467. The van der Waals surface area contributed by atoms with Crippen molar-refractivity contribution < 1.29 is 13.9 Å². The average Bonchev–Trinajstić information content (AvgIpc) is 3.60. The lowest BCUT2D eigenvalue weighted by Gasteiger charge is -2.34. The minimum Gasteiger partial charge on any atom is -0.367 e. The van der Waals surface area contributed by atoms with Crippen LogP contribution in [0.15, 0.2) is 42.6 Å². The Kier molecular flexibility index (Phi) is 7.47. The standard InChI is InChI=1S/C30H36F2N6O/c1-18-6-4-7-19(12-18)26-16-27(34-21-8-5-9-22(15-21)35-30(39)38-10-2-3-11-38)37-29(36-26)24-17-33-28-23(24)13-20(31)14-25(28)32/h4,6-7,13-14,16-18,21-22,30,33,35,39H,2-3,5,8-12,15H2,1H3,(H,34,36,37). The third-order valence-corrected chi connectivity index (χ3v) is 8.18. The van der Waals surface area contributed by atoms with Gasteiger partial charge in [0.25, 0.3) is 0 Å². The van der Waals surface area contributed by atoms with Crippen LogP contribution in [-0.2, 0) is 0 Å². The Bertz CT molecular complexity index is 1400. The smallest absolute Gasteiger partial charge is 0.164 e. The second-order valence-corrected chi connectivity index (χ2v) is 11.2. The number of fused-ring (bicyclic) bond motifs is 1. The van der Waals surface area contributed by atoms with Gasteiger partial charge in [0, 0.05) is 54.5 Å². The van der Waals surface area contributed by atoms with Crippen molar-refractivity contribution in [2.24, 2.45) is 5.92 Å². The number of hydrogen-bond acceptors (Lipinski definition) is 6. The van der Waals surface area contributed by atoms with Crippen molar-refractivity contribution >= 4 is 22.3 Å². The van der Waals surface area contributed by atoms with Crippen LogP contribution in [0, 0.1) is 17.6 Å². The summed E-state index contributed by atoms with van der Waals surface area (Å²) in [6, 6.07) is 4.56. The van der Waals surface area contributed by atoms with E-state index >= 15 is 0 Å². The van der Waals surface area contributed by atoms with Crippen molar-refractivity contribution in [1.29, 1.82) is 0 Å². The Labute approximate surface area is 227 Å². The maximum atomic E-state index is 14.4. The minimum atomic E-state index is -0.642. The van der Waals surface area contributed by atoms with Gasteiger partial charge in [0.15, 0.2) is 12.2 Å². The third-order valence-electron chi connectivity index (χ3n) is 8.18. The minimum absolute atomic E-state index is 0.176. The van der Waals surface area contributed by atoms with E-state index in [0.717, 1.165) is 75.4 Å². The molecular formula is C30H36F2N6O. The van der Waals surface area contributed by atoms with Crippen LogP contribution in [0.1, 0.15) is 57.6 Å². The Morgan fingerprint density at radius 2 is 1.90 bits per heavy atom. The molecule has 4 N–H and O–H groups in total. The fourth-order valence-corrected chi connectivity index (χ4v) is 6.16. The van der Waals surface area contributed by atoms with Gasteiger partial charge in [-0.25, -0.2) is 18.7 Å². The Morgan fingerprint density at radius 3 is 2.72 bits per heavy atom. The van der Waals surface area contributed by atoms with E-state index in [2.05, 4.69) is 45.7 Å². The molecule has 2 fully saturated rings. The van der Waals surface area contributed by atoms with E-state index in [0.29, 0.717) is 28.5 Å². The van der Waals surface area contributed by atoms with Crippen LogP contribution in [0.4, 0.5) is 14.6 Å². The molecule has 9 heteroatoms. The second kappa shape index (κ2) is 11.2. The predicted octanol–water partition coefficient (Wildman–Crippen LogP) is 5.57. The van der Waals surface area contributed by atoms with Crippen LogP contribution < -0.4 is 10.6 Å². The van der Waals surface area contributed by atoms with Gasteiger partial charge in [0.1, 0.15) is 17.5 Å². The lowest BCUT2D eigenvalue weighted by atomic mass is 9.91. The summed E-state index contributed by atoms with van der Waals surface area (Å²) in [6.45, 7) is 4.03. The number of hydrogen-bond donors (Lipinski definition) is 4. The van der Waals surface area contributed by atoms with Gasteiger partial charge in [0.05, 0.1) is 11.2 Å². The number of rotatable bonds is 7. The lowest BCUT2D eigenvalue weighted by molar-refractivity contribution is -0.0196. The van der Waals surface area contributed by atoms with Gasteiger partial charge in [-0.05, 0) is 62.5 Å². The summed E-state index contributed by atoms with van der Waals surface area (Å²) in [6.07, 6.45) is 14.4. The quantitative estimate of drug-likeness (QED) is 0.297. The Balaban J connectivity index is 1.29. The number of likely N-dealkylation sites (tertiary alicyclic amines) is 1. The van der Waals surface area contributed by atoms with Crippen LogP contribution in [0.5, 0.6) is 0 Å². The number of aliphatic hydroxyl groups is 1. The fourth-order valence-electron chi connectivity index (χ4n) is 6.16. The number of aliphatic hydroxyl groups excluding tert-OH is 1. The maximum Gasteiger partial charge on any atom is 0.164 e. The van der Waals surface area contributed by atoms with Gasteiger partial charge in [-0.15, -0.1) is 0 Å². The molecule has 1 saturated heterocycles. The zero-order valence-corrected chi connectivity index (χ0v) is 22.3. The Morgan fingerprint density at radius 1 is 1.08 bits per heavy atom. The molecule has 2 aromatic heterocycles. The molecule has 3 aliphatic rings. The molecule has 1 aliphatic heterocycles. The van der Waals surface area contributed by atoms with Gasteiger partial charge < -0.3 is 15.4 Å². The summed E-state index contributed by atoms with van der Waals surface area (Å²) in [7, 11) is 0. The van der Waals surface area contributed by atoms with Gasteiger partial charge in [-0.2, -0.15) is 0 Å². The van der Waals surface area contributed by atoms with Crippen molar-refractivity contribution in [2.45, 2.75) is 70.3 Å². The van der Waals surface area contributed by atoms with E-state index < -0.39 is 18.0 Å². The van der Waals surface area contributed by atoms with Crippen LogP contribution in [0.2, 0.25) is 0 Å². The van der Waals surface area contributed by atoms with Crippen molar-refractivity contribution in [3.8, 4) is 11.4 Å². The number of aromatic nitrogens is 3. The number of anilines is 1. The normalized spacial score (nSPS) is 24.7. The number of nitrogens with zero attached hydrogens (tertiary/aromatic N) is 3. The summed E-state index contributed by atoms with van der Waals surface area (Å²) >= 11 is 0. The van der Waals surface area contributed by atoms with E-state index in [9.17, 15) is 13.9 Å². The van der Waals surface area contributed by atoms with E-state index in [-0.39, 0.29) is 17.6 Å². The molecule has 7 nitrogen and oxygen atoms in total. The van der Waals surface area contributed by atoms with Crippen molar-refractivity contribution in [3.63, 3.8) is 0 Å². The molecular weight excluding hydrogens is 498 g/mol. The highest BCUT2D eigenvalue weighted by atomic mass is 19.1. The molecule has 0 spiro atoms. The molecule has 3 heterocycles. The topological polar surface area (TPSA) is 89.1 Å². The second-order valence-electron chi connectivity index (χ2n) is 11.2. The lowest BCUT2D eigenvalue weighted by Crippen LogP contribution is -2.51. The molecule has 0 bridgehead atoms. The largest absolute Gasteiger partial charge is 0.367 e. The van der Waals surface area contributed by atoms with Crippen molar-refractivity contribution in [2.75, 3.05) is 18.4 Å². The van der Waals surface area contributed by atoms with E-state index in [1.165, 1.54) is 6.07 Å². The highest BCUT2D eigenvalue weighted by molar-refractivity contribution is 5.94. The first kappa shape index (κ1) is 26.1. The van der Waals surface area contributed by atoms with Gasteiger partial charge in [-0.3, -0.25) is 10.2 Å². The van der Waals surface area contributed by atoms with Crippen LogP contribution in [0.25, 0.3) is 27.9 Å². The molecule has 2 aliphatic carbocycles. The number of nitrogens with one attached hydrogen (secondary N) is 3. The van der Waals surface area contributed by atoms with E-state index in [1.54, 1.807) is 6.20 Å². The van der Waals surface area contributed by atoms with Crippen LogP contribution in [0.3, 0.4) is 0 Å². The molecule has 0 amide bonds. The van der Waals surface area contributed by atoms with Gasteiger partial charge in [-0.1, -0.05) is 25.2 Å². The van der Waals surface area contributed by atoms with Crippen molar-refractivity contribution in [1.82, 2.24) is 25.2 Å². The SMILES string of the molecule is CC1C=CC=C(c2cc(NC3CCCC(NC(O)N4CCCC4)C3)nc(-c3c[nH]c4c(F)cc(F)cc34)n2)C1. The highest BCUT2D eigenvalue weighted by Crippen LogP contribution is 2.33. The number of allylic oxidation sites excluding steroid dienone is 4. The molecule has 206 valence electrons. The third kappa shape index (κ3) is 5.76. The van der Waals surface area contributed by atoms with Gasteiger partial charge >= 0.3 is 0 Å². The van der Waals surface area contributed by atoms with E-state index in [1.807, 2.05) is 6.07 Å². The van der Waals surface area contributed by atoms with E-state index in [4.69, 9.17) is 9.97 Å². The average molecular weight is 535 g/mol. The first-order chi connectivity index (χ1) is 18.9. The summed E-state index contributed by atoms with van der Waals surface area (Å²) in [4.78, 5) is 14.7. The molecule has 4 atom stereocenters.